The van der Waals surface area contributed by atoms with Gasteiger partial charge in [0.05, 0.1) is 22.5 Å². The Labute approximate surface area is 211 Å². The summed E-state index contributed by atoms with van der Waals surface area (Å²) in [5, 5.41) is 22.2. The number of nitrogens with one attached hydrogen (secondary N) is 1. The number of rotatable bonds is 12. The number of carbonyl (C=O) groups excluding carboxylic acids is 1. The molecule has 1 aliphatic rings. The average Bonchev–Trinajstić information content (AvgIpc) is 3.69. The Balaban J connectivity index is 1.50. The lowest BCUT2D eigenvalue weighted by Crippen LogP contribution is -2.50. The third-order valence-electron chi connectivity index (χ3n) is 6.12. The van der Waals surface area contributed by atoms with Crippen molar-refractivity contribution in [2.75, 3.05) is 5.75 Å². The topological polar surface area (TPSA) is 126 Å². The van der Waals surface area contributed by atoms with E-state index < -0.39 is 40.5 Å². The predicted octanol–water partition coefficient (Wildman–Crippen LogP) is 2.80. The van der Waals surface area contributed by atoms with Crippen molar-refractivity contribution in [3.05, 3.63) is 84.6 Å². The molecule has 8 nitrogen and oxygen atoms in total. The summed E-state index contributed by atoms with van der Waals surface area (Å²) in [5.74, 6) is -1.59. The van der Waals surface area contributed by atoms with Crippen molar-refractivity contribution in [1.82, 2.24) is 10.3 Å². The van der Waals surface area contributed by atoms with Gasteiger partial charge in [-0.25, -0.2) is 13.4 Å². The van der Waals surface area contributed by atoms with Crippen LogP contribution in [0, 0.1) is 11.8 Å². The van der Waals surface area contributed by atoms with Crippen LogP contribution in [-0.2, 0) is 21.1 Å². The first-order valence-corrected chi connectivity index (χ1v) is 13.6. The van der Waals surface area contributed by atoms with Crippen molar-refractivity contribution in [3.63, 3.8) is 0 Å². The molecule has 1 saturated carbocycles. The fraction of sp³-hybridized carbons (Fsp3) is 0.308. The molecule has 1 heterocycles. The molecule has 2 aromatic carbocycles. The molecule has 188 valence electrons. The Kier molecular flexibility index (Phi) is 8.40. The van der Waals surface area contributed by atoms with Crippen molar-refractivity contribution >= 4 is 22.9 Å². The Morgan fingerprint density at radius 1 is 1.03 bits per heavy atom. The molecule has 0 bridgehead atoms. The first-order chi connectivity index (χ1) is 17.3. The molecule has 1 fully saturated rings. The summed E-state index contributed by atoms with van der Waals surface area (Å²) in [5.41, 5.74) is 0.806. The summed E-state index contributed by atoms with van der Waals surface area (Å²) in [7, 11) is -5.60. The van der Waals surface area contributed by atoms with Gasteiger partial charge in [0.15, 0.2) is 9.84 Å². The normalized spacial score (nSPS) is 15.1. The van der Waals surface area contributed by atoms with E-state index in [0.29, 0.717) is 18.1 Å². The second-order valence-electron chi connectivity index (χ2n) is 9.12. The Morgan fingerprint density at radius 2 is 1.69 bits per heavy atom. The van der Waals surface area contributed by atoms with E-state index in [0.717, 1.165) is 18.4 Å². The summed E-state index contributed by atoms with van der Waals surface area (Å²) in [4.78, 5) is 17.3. The van der Waals surface area contributed by atoms with E-state index in [1.807, 2.05) is 48.5 Å². The molecule has 1 aliphatic carbocycles. The van der Waals surface area contributed by atoms with Crippen LogP contribution >= 0.6 is 0 Å². The summed E-state index contributed by atoms with van der Waals surface area (Å²) in [6.07, 6.45) is 3.82. The summed E-state index contributed by atoms with van der Waals surface area (Å²) in [6, 6.07) is 21.0. The molecular formula is C26H29BN2O6S. The zero-order valence-corrected chi connectivity index (χ0v) is 20.5. The molecule has 0 saturated heterocycles. The van der Waals surface area contributed by atoms with E-state index >= 15 is 0 Å². The number of amides is 1. The van der Waals surface area contributed by atoms with Crippen molar-refractivity contribution in [3.8, 4) is 11.6 Å². The van der Waals surface area contributed by atoms with E-state index in [2.05, 4.69) is 10.3 Å². The molecule has 2 atom stereocenters. The van der Waals surface area contributed by atoms with Crippen LogP contribution in [0.2, 0.25) is 0 Å². The highest BCUT2D eigenvalue weighted by molar-refractivity contribution is 7.91. The zero-order valence-electron chi connectivity index (χ0n) is 19.7. The minimum absolute atomic E-state index is 0.0227. The number of aromatic nitrogens is 1. The number of pyridine rings is 1. The highest BCUT2D eigenvalue weighted by Gasteiger charge is 2.35. The van der Waals surface area contributed by atoms with Crippen LogP contribution in [-0.4, -0.2) is 48.2 Å². The minimum Gasteiger partial charge on any atom is -0.439 e. The molecule has 3 aromatic rings. The maximum Gasteiger partial charge on any atom is 0.475 e. The van der Waals surface area contributed by atoms with Gasteiger partial charge >= 0.3 is 7.12 Å². The van der Waals surface area contributed by atoms with E-state index in [1.165, 1.54) is 18.3 Å². The maximum atomic E-state index is 13.3. The minimum atomic E-state index is -3.88. The summed E-state index contributed by atoms with van der Waals surface area (Å²) < 4.78 is 32.1. The highest BCUT2D eigenvalue weighted by Crippen LogP contribution is 2.33. The van der Waals surface area contributed by atoms with Crippen LogP contribution in [0.15, 0.2) is 83.9 Å². The van der Waals surface area contributed by atoms with Gasteiger partial charge in [-0.2, -0.15) is 0 Å². The molecule has 1 amide bonds. The SMILES string of the molecule is O=C(N[C@@H](CC1CC1)B(O)O)[C@H](Cc1ccccc1)CS(=O)(=O)c1ccc(Oc2ccccc2)nc1. The van der Waals surface area contributed by atoms with Crippen LogP contribution in [0.25, 0.3) is 0 Å². The van der Waals surface area contributed by atoms with Crippen molar-refractivity contribution in [2.45, 2.75) is 36.5 Å². The van der Waals surface area contributed by atoms with Crippen LogP contribution in [0.3, 0.4) is 0 Å². The van der Waals surface area contributed by atoms with E-state index in [-0.39, 0.29) is 17.2 Å². The van der Waals surface area contributed by atoms with E-state index in [4.69, 9.17) is 4.74 Å². The Hall–Kier alpha value is -3.21. The van der Waals surface area contributed by atoms with Gasteiger partial charge in [0.25, 0.3) is 0 Å². The number of hydrogen-bond donors (Lipinski definition) is 3. The molecule has 4 rings (SSSR count). The largest absolute Gasteiger partial charge is 0.475 e. The third-order valence-corrected chi connectivity index (χ3v) is 7.92. The second kappa shape index (κ2) is 11.7. The molecule has 0 aliphatic heterocycles. The van der Waals surface area contributed by atoms with Crippen molar-refractivity contribution in [2.24, 2.45) is 11.8 Å². The molecule has 0 radical (unpaired) electrons. The van der Waals surface area contributed by atoms with Crippen LogP contribution in [0.4, 0.5) is 0 Å². The number of carbonyl (C=O) groups is 1. The molecular weight excluding hydrogens is 479 g/mol. The first kappa shape index (κ1) is 25.9. The fourth-order valence-electron chi connectivity index (χ4n) is 3.98. The second-order valence-corrected chi connectivity index (χ2v) is 11.2. The third kappa shape index (κ3) is 7.40. The number of hydrogen-bond acceptors (Lipinski definition) is 7. The average molecular weight is 508 g/mol. The summed E-state index contributed by atoms with van der Waals surface area (Å²) >= 11 is 0. The number of nitrogens with zero attached hydrogens (tertiary/aromatic N) is 1. The zero-order chi connectivity index (χ0) is 25.5. The van der Waals surface area contributed by atoms with E-state index in [1.54, 1.807) is 12.1 Å². The number of sulfone groups is 1. The van der Waals surface area contributed by atoms with Gasteiger partial charge in [0.2, 0.25) is 11.8 Å². The van der Waals surface area contributed by atoms with Crippen molar-refractivity contribution in [1.29, 1.82) is 0 Å². The number of benzene rings is 2. The fourth-order valence-corrected chi connectivity index (χ4v) is 5.46. The molecule has 0 spiro atoms. The lowest BCUT2D eigenvalue weighted by molar-refractivity contribution is -0.124. The standard InChI is InChI=1S/C26H29BN2O6S/c30-26(29-24(27(31)32)16-20-11-12-20)21(15-19-7-3-1-4-8-19)18-36(33,34)23-13-14-25(28-17-23)35-22-9-5-2-6-10-22/h1-10,13-14,17,20-21,24,31-32H,11-12,15-16,18H2,(H,29,30)/t21-,24+/m1/s1. The van der Waals surface area contributed by atoms with Gasteiger partial charge in [-0.3, -0.25) is 4.79 Å². The van der Waals surface area contributed by atoms with Crippen molar-refractivity contribution < 1.29 is 28.0 Å². The molecule has 36 heavy (non-hydrogen) atoms. The number of para-hydroxylation sites is 1. The monoisotopic (exact) mass is 508 g/mol. The number of ether oxygens (including phenoxy) is 1. The van der Waals surface area contributed by atoms with Crippen LogP contribution in [0.1, 0.15) is 24.8 Å². The summed E-state index contributed by atoms with van der Waals surface area (Å²) in [6.45, 7) is 0. The maximum absolute atomic E-state index is 13.3. The van der Waals surface area contributed by atoms with E-state index in [9.17, 15) is 23.3 Å². The van der Waals surface area contributed by atoms with Gasteiger partial charge in [0, 0.05) is 12.3 Å². The lowest BCUT2D eigenvalue weighted by atomic mass is 9.76. The quantitative estimate of drug-likeness (QED) is 0.321. The molecule has 1 aromatic heterocycles. The predicted molar refractivity (Wildman–Crippen MR) is 136 cm³/mol. The Bertz CT molecular complexity index is 1240. The van der Waals surface area contributed by atoms with Gasteiger partial charge in [-0.15, -0.1) is 0 Å². The molecule has 0 unspecified atom stereocenters. The van der Waals surface area contributed by atoms with Gasteiger partial charge in [0.1, 0.15) is 5.75 Å². The smallest absolute Gasteiger partial charge is 0.439 e. The van der Waals surface area contributed by atoms with Gasteiger partial charge < -0.3 is 20.1 Å². The highest BCUT2D eigenvalue weighted by atomic mass is 32.2. The molecule has 10 heteroatoms. The first-order valence-electron chi connectivity index (χ1n) is 11.9. The van der Waals surface area contributed by atoms with Crippen LogP contribution in [0.5, 0.6) is 11.6 Å². The Morgan fingerprint density at radius 3 is 2.28 bits per heavy atom. The molecule has 3 N–H and O–H groups in total. The van der Waals surface area contributed by atoms with Gasteiger partial charge in [-0.05, 0) is 42.5 Å². The lowest BCUT2D eigenvalue weighted by Gasteiger charge is -2.22. The van der Waals surface area contributed by atoms with Gasteiger partial charge in [-0.1, -0.05) is 61.4 Å². The van der Waals surface area contributed by atoms with Crippen LogP contribution < -0.4 is 10.1 Å².